The summed E-state index contributed by atoms with van der Waals surface area (Å²) >= 11 is 1.09. The molecule has 3 aromatic rings. The first-order valence-corrected chi connectivity index (χ1v) is 13.1. The van der Waals surface area contributed by atoms with Gasteiger partial charge >= 0.3 is 0 Å². The van der Waals surface area contributed by atoms with Gasteiger partial charge in [0, 0.05) is 18.7 Å². The van der Waals surface area contributed by atoms with Gasteiger partial charge in [-0.1, -0.05) is 29.5 Å². The molecule has 0 radical (unpaired) electrons. The van der Waals surface area contributed by atoms with Gasteiger partial charge < -0.3 is 19.1 Å². The first-order valence-electron chi connectivity index (χ1n) is 12.3. The van der Waals surface area contributed by atoms with E-state index in [2.05, 4.69) is 4.99 Å². The van der Waals surface area contributed by atoms with E-state index in [1.807, 2.05) is 32.0 Å². The Morgan fingerprint density at radius 1 is 1.26 bits per heavy atom. The maximum absolute atomic E-state index is 14.0. The van der Waals surface area contributed by atoms with Gasteiger partial charge in [-0.05, 0) is 39.0 Å². The van der Waals surface area contributed by atoms with Crippen LogP contribution in [0, 0.1) is 10.1 Å². The van der Waals surface area contributed by atoms with E-state index in [0.29, 0.717) is 46.2 Å². The lowest BCUT2D eigenvalue weighted by atomic mass is 9.94. The Morgan fingerprint density at radius 2 is 1.95 bits per heavy atom. The van der Waals surface area contributed by atoms with Gasteiger partial charge in [0.15, 0.2) is 16.3 Å². The quantitative estimate of drug-likeness (QED) is 0.327. The molecule has 202 valence electrons. The molecule has 39 heavy (non-hydrogen) atoms. The van der Waals surface area contributed by atoms with E-state index in [1.165, 1.54) is 29.9 Å². The largest absolute Gasteiger partial charge is 0.496 e. The standard InChI is InChI=1S/C27H26N4O7S/c1-5-29(6-2)26(33)23-15(3)28-27-30(24(23)17-9-7-8-10-19(17)36-4)25(32)22(39-27)12-16-11-20-21(38-14-37-20)13-18(16)31(34)35/h7-13,24H,5-6,14H2,1-4H3/b22-12+/t24-/m0/s1. The van der Waals surface area contributed by atoms with Gasteiger partial charge in [-0.3, -0.25) is 24.3 Å². The monoisotopic (exact) mass is 550 g/mol. The van der Waals surface area contributed by atoms with Crippen LogP contribution in [0.5, 0.6) is 17.2 Å². The molecule has 2 aliphatic heterocycles. The third-order valence-corrected chi connectivity index (χ3v) is 7.72. The number of thiazole rings is 1. The molecule has 3 heterocycles. The van der Waals surface area contributed by atoms with Crippen LogP contribution in [0.1, 0.15) is 37.9 Å². The number of hydrogen-bond donors (Lipinski definition) is 0. The molecule has 12 heteroatoms. The lowest BCUT2D eigenvalue weighted by molar-refractivity contribution is -0.385. The normalized spacial score (nSPS) is 16.1. The van der Waals surface area contributed by atoms with Gasteiger partial charge in [0.25, 0.3) is 17.2 Å². The molecular weight excluding hydrogens is 524 g/mol. The Hall–Kier alpha value is -4.45. The van der Waals surface area contributed by atoms with Gasteiger partial charge in [-0.25, -0.2) is 4.99 Å². The predicted octanol–water partition coefficient (Wildman–Crippen LogP) is 2.75. The van der Waals surface area contributed by atoms with E-state index in [1.54, 1.807) is 17.9 Å². The number of hydrogen-bond acceptors (Lipinski definition) is 9. The number of benzene rings is 2. The molecule has 0 fully saturated rings. The molecule has 0 unspecified atom stereocenters. The number of nitrogens with zero attached hydrogens (tertiary/aromatic N) is 4. The van der Waals surface area contributed by atoms with Gasteiger partial charge in [-0.2, -0.15) is 0 Å². The highest BCUT2D eigenvalue weighted by Gasteiger charge is 2.35. The second-order valence-corrected chi connectivity index (χ2v) is 9.83. The highest BCUT2D eigenvalue weighted by molar-refractivity contribution is 7.07. The van der Waals surface area contributed by atoms with E-state index < -0.39 is 16.5 Å². The SMILES string of the molecule is CCN(CC)C(=O)C1=C(C)N=c2s/c(=C/c3cc4c(cc3[N+](=O)[O-])OCO4)c(=O)n2[C@H]1c1ccccc1OC. The maximum atomic E-state index is 14.0. The van der Waals surface area contributed by atoms with Crippen LogP contribution in [0.3, 0.4) is 0 Å². The number of nitro benzene ring substituents is 1. The van der Waals surface area contributed by atoms with Crippen LogP contribution < -0.4 is 29.1 Å². The fraction of sp³-hybridized carbons (Fsp3) is 0.296. The first-order chi connectivity index (χ1) is 18.8. The van der Waals surface area contributed by atoms with Crippen molar-refractivity contribution in [1.82, 2.24) is 9.47 Å². The molecule has 5 rings (SSSR count). The number of amides is 1. The zero-order chi connectivity index (χ0) is 27.8. The smallest absolute Gasteiger partial charge is 0.280 e. The number of nitro groups is 1. The van der Waals surface area contributed by atoms with Crippen LogP contribution in [0.25, 0.3) is 6.08 Å². The van der Waals surface area contributed by atoms with E-state index >= 15 is 0 Å². The molecule has 0 aliphatic carbocycles. The number of aromatic nitrogens is 1. The average molecular weight is 551 g/mol. The van der Waals surface area contributed by atoms with Crippen molar-refractivity contribution in [3.8, 4) is 17.2 Å². The summed E-state index contributed by atoms with van der Waals surface area (Å²) < 4.78 is 18.0. The molecule has 0 bridgehead atoms. The average Bonchev–Trinajstić information content (AvgIpc) is 3.51. The van der Waals surface area contributed by atoms with Crippen molar-refractivity contribution in [2.75, 3.05) is 27.0 Å². The molecule has 11 nitrogen and oxygen atoms in total. The van der Waals surface area contributed by atoms with Crippen LogP contribution in [0.2, 0.25) is 0 Å². The summed E-state index contributed by atoms with van der Waals surface area (Å²) in [5.41, 5.74) is 1.03. The van der Waals surface area contributed by atoms with Crippen molar-refractivity contribution in [2.24, 2.45) is 4.99 Å². The summed E-state index contributed by atoms with van der Waals surface area (Å²) in [6, 6.07) is 9.18. The van der Waals surface area contributed by atoms with Crippen molar-refractivity contribution >= 4 is 29.0 Å². The van der Waals surface area contributed by atoms with Gasteiger partial charge in [0.05, 0.1) is 39.5 Å². The molecule has 0 saturated carbocycles. The molecular formula is C27H26N4O7S. The third-order valence-electron chi connectivity index (χ3n) is 6.74. The highest BCUT2D eigenvalue weighted by atomic mass is 32.1. The zero-order valence-electron chi connectivity index (χ0n) is 21.8. The summed E-state index contributed by atoms with van der Waals surface area (Å²) in [5, 5.41) is 11.8. The fourth-order valence-electron chi connectivity index (χ4n) is 4.82. The number of likely N-dealkylation sites (N-methyl/N-ethyl adjacent to an activating group) is 1. The molecule has 0 spiro atoms. The molecule has 2 aliphatic rings. The van der Waals surface area contributed by atoms with E-state index in [9.17, 15) is 19.7 Å². The molecule has 1 amide bonds. The Bertz CT molecular complexity index is 1700. The number of allylic oxidation sites excluding steroid dienone is 1. The number of carbonyl (C=O) groups is 1. The second kappa shape index (κ2) is 10.4. The molecule has 1 aromatic heterocycles. The number of rotatable bonds is 7. The molecule has 0 saturated heterocycles. The van der Waals surface area contributed by atoms with Crippen molar-refractivity contribution in [2.45, 2.75) is 26.8 Å². The topological polar surface area (TPSA) is 126 Å². The van der Waals surface area contributed by atoms with Crippen molar-refractivity contribution in [3.63, 3.8) is 0 Å². The lowest BCUT2D eigenvalue weighted by Crippen LogP contribution is -2.43. The van der Waals surface area contributed by atoms with Crippen LogP contribution in [0.4, 0.5) is 5.69 Å². The van der Waals surface area contributed by atoms with Crippen molar-refractivity contribution in [1.29, 1.82) is 0 Å². The zero-order valence-corrected chi connectivity index (χ0v) is 22.6. The molecule has 0 N–H and O–H groups in total. The number of ether oxygens (including phenoxy) is 3. The van der Waals surface area contributed by atoms with Crippen LogP contribution >= 0.6 is 11.3 Å². The van der Waals surface area contributed by atoms with Gasteiger partial charge in [0.1, 0.15) is 11.8 Å². The number of para-hydroxylation sites is 1. The van der Waals surface area contributed by atoms with Gasteiger partial charge in [0.2, 0.25) is 6.79 Å². The maximum Gasteiger partial charge on any atom is 0.280 e. The van der Waals surface area contributed by atoms with Gasteiger partial charge in [-0.15, -0.1) is 0 Å². The Balaban J connectivity index is 1.77. The van der Waals surface area contributed by atoms with Crippen LogP contribution in [0.15, 0.2) is 57.5 Å². The Kier molecular flexibility index (Phi) is 6.96. The summed E-state index contributed by atoms with van der Waals surface area (Å²) in [6.45, 7) is 6.47. The number of methoxy groups -OCH3 is 1. The number of carbonyl (C=O) groups excluding carboxylic acids is 1. The van der Waals surface area contributed by atoms with E-state index in [0.717, 1.165) is 11.3 Å². The molecule has 2 aromatic carbocycles. The summed E-state index contributed by atoms with van der Waals surface area (Å²) in [4.78, 5) is 45.7. The minimum atomic E-state index is -0.806. The summed E-state index contributed by atoms with van der Waals surface area (Å²) in [6.07, 6.45) is 1.45. The highest BCUT2D eigenvalue weighted by Crippen LogP contribution is 2.39. The number of fused-ring (bicyclic) bond motifs is 2. The fourth-order valence-corrected chi connectivity index (χ4v) is 5.86. The van der Waals surface area contributed by atoms with Crippen molar-refractivity contribution < 1.29 is 23.9 Å². The minimum Gasteiger partial charge on any atom is -0.496 e. The predicted molar refractivity (Wildman–Crippen MR) is 144 cm³/mol. The molecule has 1 atom stereocenters. The third kappa shape index (κ3) is 4.46. The van der Waals surface area contributed by atoms with Crippen LogP contribution in [-0.4, -0.2) is 47.3 Å². The van der Waals surface area contributed by atoms with Crippen LogP contribution in [-0.2, 0) is 4.79 Å². The second-order valence-electron chi connectivity index (χ2n) is 8.82. The summed E-state index contributed by atoms with van der Waals surface area (Å²) in [5.74, 6) is 0.919. The van der Waals surface area contributed by atoms with E-state index in [4.69, 9.17) is 14.2 Å². The van der Waals surface area contributed by atoms with Crippen molar-refractivity contribution in [3.05, 3.63) is 88.6 Å². The first kappa shape index (κ1) is 26.2. The Labute approximate surface area is 227 Å². The van der Waals surface area contributed by atoms with E-state index in [-0.39, 0.29) is 34.2 Å². The minimum absolute atomic E-state index is 0.0420. The summed E-state index contributed by atoms with van der Waals surface area (Å²) in [7, 11) is 1.53. The lowest BCUT2D eigenvalue weighted by Gasteiger charge is -2.29. The Morgan fingerprint density at radius 3 is 2.62 bits per heavy atom.